The van der Waals surface area contributed by atoms with Crippen LogP contribution in [-0.4, -0.2) is 35.3 Å². The normalized spacial score (nSPS) is 11.2. The molecule has 0 aliphatic rings. The summed E-state index contributed by atoms with van der Waals surface area (Å²) in [7, 11) is 0. The third-order valence-corrected chi connectivity index (χ3v) is 5.98. The number of fused-ring (bicyclic) bond motifs is 1. The van der Waals surface area contributed by atoms with Crippen LogP contribution in [0.15, 0.2) is 41.6 Å². The zero-order valence-corrected chi connectivity index (χ0v) is 19.1. The van der Waals surface area contributed by atoms with Gasteiger partial charge < -0.3 is 14.0 Å². The molecule has 160 valence electrons. The summed E-state index contributed by atoms with van der Waals surface area (Å²) in [5, 5.41) is 0.961. The minimum Gasteiger partial charge on any atom is -0.462 e. The molecule has 0 aliphatic heterocycles. The molecule has 0 unspecified atom stereocenters. The lowest BCUT2D eigenvalue weighted by Gasteiger charge is -2.10. The second-order valence-electron chi connectivity index (χ2n) is 7.24. The average molecular weight is 427 g/mol. The monoisotopic (exact) mass is 426 g/mol. The topological polar surface area (TPSA) is 53.4 Å². The Hall–Kier alpha value is -2.31. The van der Waals surface area contributed by atoms with E-state index in [-0.39, 0.29) is 5.97 Å². The van der Waals surface area contributed by atoms with Crippen molar-refractivity contribution < 1.29 is 14.3 Å². The summed E-state index contributed by atoms with van der Waals surface area (Å²) in [5.41, 5.74) is 6.27. The Morgan fingerprint density at radius 3 is 2.67 bits per heavy atom. The number of thioether (sulfide) groups is 1. The van der Waals surface area contributed by atoms with E-state index in [1.165, 1.54) is 16.7 Å². The summed E-state index contributed by atoms with van der Waals surface area (Å²) >= 11 is 1.73. The van der Waals surface area contributed by atoms with E-state index >= 15 is 0 Å². The number of carbonyl (C=O) groups excluding carboxylic acids is 1. The highest BCUT2D eigenvalue weighted by molar-refractivity contribution is 7.98. The number of benzene rings is 2. The molecule has 5 nitrogen and oxygen atoms in total. The molecular weight excluding hydrogens is 396 g/mol. The lowest BCUT2D eigenvalue weighted by Crippen LogP contribution is -2.05. The van der Waals surface area contributed by atoms with E-state index in [1.54, 1.807) is 11.8 Å². The number of rotatable bonds is 10. The first kappa shape index (κ1) is 22.4. The first-order valence-corrected chi connectivity index (χ1v) is 11.5. The molecule has 0 radical (unpaired) electrons. The minimum absolute atomic E-state index is 0.310. The van der Waals surface area contributed by atoms with E-state index < -0.39 is 0 Å². The van der Waals surface area contributed by atoms with Crippen LogP contribution in [0, 0.1) is 13.8 Å². The summed E-state index contributed by atoms with van der Waals surface area (Å²) < 4.78 is 12.9. The van der Waals surface area contributed by atoms with Crippen LogP contribution in [0.2, 0.25) is 0 Å². The number of aryl methyl sites for hydroxylation is 3. The molecule has 3 aromatic rings. The van der Waals surface area contributed by atoms with E-state index in [2.05, 4.69) is 36.6 Å². The van der Waals surface area contributed by atoms with Crippen LogP contribution < -0.4 is 0 Å². The SMILES string of the molecule is CCOCCCn1c(SCc2ccc(C)cc2C)nc2cc(C(=O)OCC)ccc21. The predicted molar refractivity (Wildman–Crippen MR) is 122 cm³/mol. The van der Waals surface area contributed by atoms with Gasteiger partial charge in [0.05, 0.1) is 23.2 Å². The van der Waals surface area contributed by atoms with Gasteiger partial charge in [0.15, 0.2) is 5.16 Å². The third kappa shape index (κ3) is 5.43. The van der Waals surface area contributed by atoms with E-state index in [9.17, 15) is 4.79 Å². The molecule has 0 amide bonds. The molecule has 0 N–H and O–H groups in total. The van der Waals surface area contributed by atoms with Crippen LogP contribution >= 0.6 is 11.8 Å². The number of imidazole rings is 1. The van der Waals surface area contributed by atoms with E-state index in [1.807, 2.05) is 32.0 Å². The van der Waals surface area contributed by atoms with Crippen molar-refractivity contribution in [3.63, 3.8) is 0 Å². The Morgan fingerprint density at radius 2 is 1.93 bits per heavy atom. The van der Waals surface area contributed by atoms with Gasteiger partial charge in [0, 0.05) is 25.5 Å². The van der Waals surface area contributed by atoms with Crippen LogP contribution in [0.1, 0.15) is 47.3 Å². The van der Waals surface area contributed by atoms with Crippen LogP contribution in [-0.2, 0) is 21.8 Å². The van der Waals surface area contributed by atoms with Gasteiger partial charge in [-0.2, -0.15) is 0 Å². The maximum absolute atomic E-state index is 12.1. The zero-order valence-electron chi connectivity index (χ0n) is 18.2. The number of hydrogen-bond acceptors (Lipinski definition) is 5. The van der Waals surface area contributed by atoms with Crippen molar-refractivity contribution >= 4 is 28.8 Å². The summed E-state index contributed by atoms with van der Waals surface area (Å²) in [4.78, 5) is 17.0. The van der Waals surface area contributed by atoms with Crippen molar-refractivity contribution in [3.05, 3.63) is 58.7 Å². The summed E-state index contributed by atoms with van der Waals surface area (Å²) in [5.74, 6) is 0.542. The average Bonchev–Trinajstić information content (AvgIpc) is 3.07. The molecule has 0 bridgehead atoms. The van der Waals surface area contributed by atoms with Gasteiger partial charge in [0.1, 0.15) is 0 Å². The number of esters is 1. The molecule has 0 atom stereocenters. The maximum atomic E-state index is 12.1. The first-order valence-electron chi connectivity index (χ1n) is 10.5. The number of nitrogens with zero attached hydrogens (tertiary/aromatic N) is 2. The number of hydrogen-bond donors (Lipinski definition) is 0. The second kappa shape index (κ2) is 10.6. The highest BCUT2D eigenvalue weighted by Gasteiger charge is 2.15. The fourth-order valence-electron chi connectivity index (χ4n) is 3.39. The molecule has 0 saturated carbocycles. The first-order chi connectivity index (χ1) is 14.5. The van der Waals surface area contributed by atoms with Gasteiger partial charge in [-0.25, -0.2) is 9.78 Å². The van der Waals surface area contributed by atoms with Gasteiger partial charge in [-0.15, -0.1) is 0 Å². The fourth-order valence-corrected chi connectivity index (χ4v) is 4.51. The van der Waals surface area contributed by atoms with Crippen molar-refractivity contribution in [1.82, 2.24) is 9.55 Å². The van der Waals surface area contributed by atoms with Gasteiger partial charge in [-0.1, -0.05) is 35.5 Å². The Morgan fingerprint density at radius 1 is 1.10 bits per heavy atom. The van der Waals surface area contributed by atoms with E-state index in [4.69, 9.17) is 14.5 Å². The van der Waals surface area contributed by atoms with Crippen molar-refractivity contribution in [1.29, 1.82) is 0 Å². The van der Waals surface area contributed by atoms with Gasteiger partial charge in [-0.05, 0) is 63.4 Å². The Kier molecular flexibility index (Phi) is 7.94. The summed E-state index contributed by atoms with van der Waals surface area (Å²) in [6.07, 6.45) is 0.913. The molecule has 0 aliphatic carbocycles. The highest BCUT2D eigenvalue weighted by Crippen LogP contribution is 2.29. The Bertz CT molecular complexity index is 1010. The summed E-state index contributed by atoms with van der Waals surface area (Å²) in [6.45, 7) is 10.7. The Labute approximate surface area is 182 Å². The van der Waals surface area contributed by atoms with E-state index in [0.29, 0.717) is 12.2 Å². The fraction of sp³-hybridized carbons (Fsp3) is 0.417. The number of ether oxygens (including phenoxy) is 2. The largest absolute Gasteiger partial charge is 0.462 e. The van der Waals surface area contributed by atoms with Gasteiger partial charge in [0.25, 0.3) is 0 Å². The van der Waals surface area contributed by atoms with Crippen molar-refractivity contribution in [2.45, 2.75) is 51.6 Å². The maximum Gasteiger partial charge on any atom is 0.338 e. The Balaban J connectivity index is 1.87. The molecule has 6 heteroatoms. The molecule has 1 heterocycles. The highest BCUT2D eigenvalue weighted by atomic mass is 32.2. The van der Waals surface area contributed by atoms with Crippen molar-refractivity contribution in [3.8, 4) is 0 Å². The number of carbonyl (C=O) groups is 1. The molecule has 3 rings (SSSR count). The van der Waals surface area contributed by atoms with Crippen molar-refractivity contribution in [2.75, 3.05) is 19.8 Å². The third-order valence-electron chi connectivity index (χ3n) is 4.95. The molecule has 2 aromatic carbocycles. The van der Waals surface area contributed by atoms with Crippen LogP contribution in [0.4, 0.5) is 0 Å². The standard InChI is InChI=1S/C24H30N2O3S/c1-5-28-13-7-12-26-22-11-10-19(23(27)29-6-2)15-21(22)25-24(26)30-16-20-9-8-17(3)14-18(20)4/h8-11,14-15H,5-7,12-13,16H2,1-4H3. The number of aromatic nitrogens is 2. The molecular formula is C24H30N2O3S. The summed E-state index contributed by atoms with van der Waals surface area (Å²) in [6, 6.07) is 12.2. The lowest BCUT2D eigenvalue weighted by atomic mass is 10.1. The van der Waals surface area contributed by atoms with Gasteiger partial charge in [0.2, 0.25) is 0 Å². The zero-order chi connectivity index (χ0) is 21.5. The van der Waals surface area contributed by atoms with Gasteiger partial charge in [-0.3, -0.25) is 0 Å². The molecule has 30 heavy (non-hydrogen) atoms. The lowest BCUT2D eigenvalue weighted by molar-refractivity contribution is 0.0526. The smallest absolute Gasteiger partial charge is 0.338 e. The van der Waals surface area contributed by atoms with Crippen molar-refractivity contribution in [2.24, 2.45) is 0 Å². The molecule has 0 spiro atoms. The molecule has 0 saturated heterocycles. The van der Waals surface area contributed by atoms with E-state index in [0.717, 1.165) is 48.1 Å². The minimum atomic E-state index is -0.310. The van der Waals surface area contributed by atoms with Crippen LogP contribution in [0.25, 0.3) is 11.0 Å². The van der Waals surface area contributed by atoms with Gasteiger partial charge >= 0.3 is 5.97 Å². The second-order valence-corrected chi connectivity index (χ2v) is 8.18. The van der Waals surface area contributed by atoms with Crippen LogP contribution in [0.3, 0.4) is 0 Å². The quantitative estimate of drug-likeness (QED) is 0.242. The molecule has 1 aromatic heterocycles. The molecule has 0 fully saturated rings. The van der Waals surface area contributed by atoms with Crippen LogP contribution in [0.5, 0.6) is 0 Å². The predicted octanol–water partition coefficient (Wildman–Crippen LogP) is 5.55.